The number of hydrazone groups is 1. The molecule has 0 fully saturated rings. The molecule has 2 heterocycles. The van der Waals surface area contributed by atoms with Crippen molar-refractivity contribution in [3.05, 3.63) is 46.7 Å². The van der Waals surface area contributed by atoms with E-state index in [9.17, 15) is 13.0 Å². The number of benzene rings is 1. The lowest BCUT2D eigenvalue weighted by Crippen LogP contribution is -1.98. The van der Waals surface area contributed by atoms with Crippen molar-refractivity contribution in [1.82, 2.24) is 9.38 Å². The van der Waals surface area contributed by atoms with Crippen LogP contribution in [-0.4, -0.2) is 28.6 Å². The Labute approximate surface area is 134 Å². The van der Waals surface area contributed by atoms with Gasteiger partial charge >= 0.3 is 0 Å². The largest absolute Gasteiger partial charge is 0.744 e. The molecule has 7 nitrogen and oxygen atoms in total. The molecular formula is C12H8ClN4O3S2-. The van der Waals surface area contributed by atoms with Crippen molar-refractivity contribution >= 4 is 49.9 Å². The normalized spacial score (nSPS) is 12.3. The minimum Gasteiger partial charge on any atom is -0.744 e. The van der Waals surface area contributed by atoms with Gasteiger partial charge in [-0.2, -0.15) is 5.10 Å². The molecule has 0 aliphatic heterocycles. The van der Waals surface area contributed by atoms with Crippen LogP contribution in [0.4, 0.5) is 5.69 Å². The lowest BCUT2D eigenvalue weighted by molar-refractivity contribution is 0.463. The van der Waals surface area contributed by atoms with E-state index in [-0.39, 0.29) is 4.90 Å². The first-order valence-corrected chi connectivity index (χ1v) is 8.58. The molecule has 3 rings (SSSR count). The maximum atomic E-state index is 10.8. The Morgan fingerprint density at radius 2 is 2.09 bits per heavy atom. The van der Waals surface area contributed by atoms with Gasteiger partial charge in [-0.15, -0.1) is 11.3 Å². The highest BCUT2D eigenvalue weighted by molar-refractivity contribution is 7.85. The molecule has 0 saturated heterocycles. The molecule has 22 heavy (non-hydrogen) atoms. The first-order chi connectivity index (χ1) is 10.4. The lowest BCUT2D eigenvalue weighted by atomic mass is 10.3. The maximum absolute atomic E-state index is 10.8. The van der Waals surface area contributed by atoms with Gasteiger partial charge < -0.3 is 4.55 Å². The summed E-state index contributed by atoms with van der Waals surface area (Å²) in [5, 5.41) is 6.24. The fourth-order valence-electron chi connectivity index (χ4n) is 1.76. The maximum Gasteiger partial charge on any atom is 0.195 e. The first kappa shape index (κ1) is 15.0. The van der Waals surface area contributed by atoms with E-state index in [0.29, 0.717) is 16.5 Å². The average Bonchev–Trinajstić information content (AvgIpc) is 3.01. The molecular weight excluding hydrogens is 348 g/mol. The quantitative estimate of drug-likeness (QED) is 0.440. The number of imidazole rings is 1. The Morgan fingerprint density at radius 3 is 2.77 bits per heavy atom. The Balaban J connectivity index is 1.77. The van der Waals surface area contributed by atoms with Gasteiger partial charge in [0.25, 0.3) is 0 Å². The van der Waals surface area contributed by atoms with Crippen molar-refractivity contribution in [3.8, 4) is 0 Å². The monoisotopic (exact) mass is 355 g/mol. The van der Waals surface area contributed by atoms with E-state index in [0.717, 1.165) is 4.96 Å². The van der Waals surface area contributed by atoms with Crippen LogP contribution in [0, 0.1) is 0 Å². The number of thiazole rings is 1. The van der Waals surface area contributed by atoms with Crippen molar-refractivity contribution in [2.45, 2.75) is 4.90 Å². The van der Waals surface area contributed by atoms with E-state index in [1.807, 2.05) is 11.6 Å². The summed E-state index contributed by atoms with van der Waals surface area (Å²) in [6.45, 7) is 0. The smallest absolute Gasteiger partial charge is 0.195 e. The molecule has 0 spiro atoms. The van der Waals surface area contributed by atoms with Crippen molar-refractivity contribution < 1.29 is 13.0 Å². The van der Waals surface area contributed by atoms with Crippen LogP contribution in [0.3, 0.4) is 0 Å². The average molecular weight is 356 g/mol. The zero-order chi connectivity index (χ0) is 15.7. The molecule has 0 aliphatic rings. The van der Waals surface area contributed by atoms with Gasteiger partial charge in [0.05, 0.1) is 16.8 Å². The third-order valence-corrected chi connectivity index (χ3v) is 4.66. The number of aromatic nitrogens is 2. The standard InChI is InChI=1S/C12H9ClN4O3S2/c13-11-10(17-5-6-21-12(17)15-11)7-14-16-8-1-3-9(4-2-8)22(18,19)20/h1-7,16H,(H,18,19,20)/p-1/b14-7-. The van der Waals surface area contributed by atoms with Crippen LogP contribution >= 0.6 is 22.9 Å². The highest BCUT2D eigenvalue weighted by atomic mass is 35.5. The van der Waals surface area contributed by atoms with Gasteiger partial charge in [0.2, 0.25) is 0 Å². The summed E-state index contributed by atoms with van der Waals surface area (Å²) in [7, 11) is -4.44. The van der Waals surface area contributed by atoms with E-state index in [1.165, 1.54) is 41.8 Å². The zero-order valence-corrected chi connectivity index (χ0v) is 13.2. The molecule has 0 amide bonds. The molecule has 0 bridgehead atoms. The second-order valence-corrected chi connectivity index (χ2v) is 6.80. The Morgan fingerprint density at radius 1 is 1.36 bits per heavy atom. The van der Waals surface area contributed by atoms with Gasteiger partial charge in [-0.05, 0) is 24.3 Å². The molecule has 0 aliphatic carbocycles. The summed E-state index contributed by atoms with van der Waals surface area (Å²) >= 11 is 7.47. The van der Waals surface area contributed by atoms with Crippen LogP contribution in [-0.2, 0) is 10.1 Å². The van der Waals surface area contributed by atoms with E-state index in [2.05, 4.69) is 15.5 Å². The second kappa shape index (κ2) is 5.69. The number of nitrogens with zero attached hydrogens (tertiary/aromatic N) is 3. The summed E-state index contributed by atoms with van der Waals surface area (Å²) in [6, 6.07) is 5.31. The molecule has 3 aromatic rings. The van der Waals surface area contributed by atoms with Gasteiger partial charge in [0, 0.05) is 11.6 Å². The van der Waals surface area contributed by atoms with Crippen molar-refractivity contribution in [2.24, 2.45) is 5.10 Å². The van der Waals surface area contributed by atoms with E-state index >= 15 is 0 Å². The second-order valence-electron chi connectivity index (χ2n) is 4.19. The SMILES string of the molecule is O=S(=O)([O-])c1ccc(N/N=C\c2c(Cl)nc3sccn23)cc1. The predicted molar refractivity (Wildman–Crippen MR) is 83.7 cm³/mol. The highest BCUT2D eigenvalue weighted by Gasteiger charge is 2.08. The molecule has 0 unspecified atom stereocenters. The number of nitrogens with one attached hydrogen (secondary N) is 1. The predicted octanol–water partition coefficient (Wildman–Crippen LogP) is 2.40. The lowest BCUT2D eigenvalue weighted by Gasteiger charge is -2.07. The number of halogens is 1. The van der Waals surface area contributed by atoms with Crippen LogP contribution in [0.15, 0.2) is 45.8 Å². The Kier molecular flexibility index (Phi) is 3.87. The van der Waals surface area contributed by atoms with E-state index < -0.39 is 10.1 Å². The molecule has 114 valence electrons. The number of hydrogen-bond donors (Lipinski definition) is 1. The van der Waals surface area contributed by atoms with Crippen molar-refractivity contribution in [1.29, 1.82) is 0 Å². The van der Waals surface area contributed by atoms with E-state index in [4.69, 9.17) is 11.6 Å². The van der Waals surface area contributed by atoms with E-state index in [1.54, 1.807) is 4.40 Å². The number of rotatable bonds is 4. The molecule has 2 aromatic heterocycles. The minimum atomic E-state index is -4.44. The highest BCUT2D eigenvalue weighted by Crippen LogP contribution is 2.20. The summed E-state index contributed by atoms with van der Waals surface area (Å²) in [5.74, 6) is 0. The Bertz CT molecular complexity index is 945. The van der Waals surface area contributed by atoms with Crippen molar-refractivity contribution in [3.63, 3.8) is 0 Å². The van der Waals surface area contributed by atoms with Gasteiger partial charge in [-0.3, -0.25) is 9.83 Å². The van der Waals surface area contributed by atoms with Gasteiger partial charge in [0.1, 0.15) is 15.8 Å². The number of anilines is 1. The van der Waals surface area contributed by atoms with Crippen LogP contribution in [0.2, 0.25) is 5.15 Å². The first-order valence-electron chi connectivity index (χ1n) is 5.91. The topological polar surface area (TPSA) is 98.9 Å². The van der Waals surface area contributed by atoms with Crippen LogP contribution < -0.4 is 5.43 Å². The third-order valence-electron chi connectivity index (χ3n) is 2.78. The number of fused-ring (bicyclic) bond motifs is 1. The van der Waals surface area contributed by atoms with Gasteiger partial charge in [-0.1, -0.05) is 11.6 Å². The van der Waals surface area contributed by atoms with Crippen LogP contribution in [0.25, 0.3) is 4.96 Å². The summed E-state index contributed by atoms with van der Waals surface area (Å²) in [4.78, 5) is 4.63. The fraction of sp³-hybridized carbons (Fsp3) is 0. The Hall–Kier alpha value is -1.94. The molecule has 0 radical (unpaired) electrons. The fourth-order valence-corrected chi connectivity index (χ4v) is 3.22. The zero-order valence-electron chi connectivity index (χ0n) is 10.8. The summed E-state index contributed by atoms with van der Waals surface area (Å²) in [6.07, 6.45) is 3.33. The minimum absolute atomic E-state index is 0.291. The molecule has 1 N–H and O–H groups in total. The third kappa shape index (κ3) is 2.97. The molecule has 10 heteroatoms. The number of hydrogen-bond acceptors (Lipinski definition) is 7. The van der Waals surface area contributed by atoms with Crippen LogP contribution in [0.5, 0.6) is 0 Å². The molecule has 1 aromatic carbocycles. The van der Waals surface area contributed by atoms with Gasteiger partial charge in [0.15, 0.2) is 10.1 Å². The summed E-state index contributed by atoms with van der Waals surface area (Å²) in [5.41, 5.74) is 3.88. The molecule has 0 atom stereocenters. The summed E-state index contributed by atoms with van der Waals surface area (Å²) < 4.78 is 34.3. The molecule has 0 saturated carbocycles. The van der Waals surface area contributed by atoms with Crippen molar-refractivity contribution in [2.75, 3.05) is 5.43 Å². The van der Waals surface area contributed by atoms with Gasteiger partial charge in [-0.25, -0.2) is 13.4 Å². The van der Waals surface area contributed by atoms with Crippen LogP contribution in [0.1, 0.15) is 5.69 Å².